The van der Waals surface area contributed by atoms with E-state index in [0.29, 0.717) is 5.56 Å². The average molecular weight is 278 g/mol. The van der Waals surface area contributed by atoms with Crippen molar-refractivity contribution in [1.82, 2.24) is 0 Å². The summed E-state index contributed by atoms with van der Waals surface area (Å²) in [5, 5.41) is 9.68. The molecule has 0 aliphatic heterocycles. The molecule has 1 rings (SSSR count). The number of halogens is 1. The molecule has 1 aromatic carbocycles. The number of phenolic OH excluding ortho intramolecular Hbond substituents is 1. The summed E-state index contributed by atoms with van der Waals surface area (Å²) in [4.78, 5) is 11.3. The van der Waals surface area contributed by atoms with E-state index < -0.39 is 12.0 Å². The van der Waals surface area contributed by atoms with E-state index in [1.807, 2.05) is 0 Å². The molecule has 0 amide bonds. The van der Waals surface area contributed by atoms with Crippen molar-refractivity contribution in [1.29, 1.82) is 0 Å². The zero-order valence-electron chi connectivity index (χ0n) is 10.3. The lowest BCUT2D eigenvalue weighted by atomic mass is 10.1. The molecule has 6 nitrogen and oxygen atoms in total. The van der Waals surface area contributed by atoms with Crippen LogP contribution in [0.15, 0.2) is 12.1 Å². The van der Waals surface area contributed by atoms with Crippen molar-refractivity contribution in [2.45, 2.75) is 6.04 Å². The number of phenols is 1. The van der Waals surface area contributed by atoms with Crippen LogP contribution in [0.25, 0.3) is 0 Å². The van der Waals surface area contributed by atoms with Crippen LogP contribution in [0.5, 0.6) is 17.2 Å². The van der Waals surface area contributed by atoms with Crippen molar-refractivity contribution in [3.05, 3.63) is 17.7 Å². The maximum absolute atomic E-state index is 11.3. The molecule has 18 heavy (non-hydrogen) atoms. The molecule has 1 aromatic rings. The second kappa shape index (κ2) is 6.93. The molecule has 0 heterocycles. The van der Waals surface area contributed by atoms with Gasteiger partial charge in [-0.2, -0.15) is 0 Å². The van der Waals surface area contributed by atoms with E-state index in [9.17, 15) is 9.90 Å². The van der Waals surface area contributed by atoms with Crippen molar-refractivity contribution in [3.63, 3.8) is 0 Å². The Labute approximate surface area is 111 Å². The van der Waals surface area contributed by atoms with Crippen LogP contribution in [0.2, 0.25) is 0 Å². The summed E-state index contributed by atoms with van der Waals surface area (Å²) in [5.74, 6) is -0.368. The Morgan fingerprint density at radius 2 is 1.67 bits per heavy atom. The molecule has 7 heteroatoms. The van der Waals surface area contributed by atoms with Gasteiger partial charge in [0.2, 0.25) is 5.75 Å². The van der Waals surface area contributed by atoms with Gasteiger partial charge in [-0.05, 0) is 17.7 Å². The lowest BCUT2D eigenvalue weighted by molar-refractivity contribution is -0.142. The Kier molecular flexibility index (Phi) is 6.29. The number of nitrogens with two attached hydrogens (primary N) is 1. The number of carbonyl (C=O) groups excluding carboxylic acids is 1. The molecule has 0 spiro atoms. The molecule has 0 aliphatic rings. The fourth-order valence-electron chi connectivity index (χ4n) is 1.36. The van der Waals surface area contributed by atoms with Crippen molar-refractivity contribution < 1.29 is 24.1 Å². The summed E-state index contributed by atoms with van der Waals surface area (Å²) in [6.07, 6.45) is 0. The van der Waals surface area contributed by atoms with Crippen LogP contribution in [0.3, 0.4) is 0 Å². The number of carbonyl (C=O) groups is 1. The molecule has 0 radical (unpaired) electrons. The maximum Gasteiger partial charge on any atom is 0.327 e. The first-order chi connectivity index (χ1) is 8.04. The highest BCUT2D eigenvalue weighted by Crippen LogP contribution is 2.38. The first kappa shape index (κ1) is 16.3. The summed E-state index contributed by atoms with van der Waals surface area (Å²) < 4.78 is 14.4. The first-order valence-corrected chi connectivity index (χ1v) is 4.83. The summed E-state index contributed by atoms with van der Waals surface area (Å²) in [6, 6.07) is 1.96. The maximum atomic E-state index is 11.3. The fraction of sp³-hybridized carbons (Fsp3) is 0.364. The minimum atomic E-state index is -0.955. The van der Waals surface area contributed by atoms with E-state index in [-0.39, 0.29) is 29.7 Å². The Bertz CT molecular complexity index is 399. The normalized spacial score (nSPS) is 11.1. The smallest absolute Gasteiger partial charge is 0.327 e. The number of hydrogen-bond donors (Lipinski definition) is 2. The van der Waals surface area contributed by atoms with Crippen molar-refractivity contribution in [2.75, 3.05) is 21.3 Å². The first-order valence-electron chi connectivity index (χ1n) is 4.83. The van der Waals surface area contributed by atoms with Gasteiger partial charge in [-0.1, -0.05) is 0 Å². The van der Waals surface area contributed by atoms with Gasteiger partial charge < -0.3 is 25.1 Å². The third kappa shape index (κ3) is 3.18. The van der Waals surface area contributed by atoms with Crippen LogP contribution < -0.4 is 15.2 Å². The van der Waals surface area contributed by atoms with Gasteiger partial charge >= 0.3 is 5.97 Å². The molecular formula is C11H16ClNO5. The standard InChI is InChI=1S/C11H15NO5.ClH/c1-15-7-4-6(9(12)11(14)17-3)5-8(16-2)10(7)13;/h4-5,9,13H,12H2,1-3H3;1H/t9-;/m0./s1. The van der Waals surface area contributed by atoms with Crippen molar-refractivity contribution >= 4 is 18.4 Å². The molecule has 0 aromatic heterocycles. The second-order valence-corrected chi connectivity index (χ2v) is 3.27. The Hall–Kier alpha value is -1.66. The van der Waals surface area contributed by atoms with Crippen molar-refractivity contribution in [3.8, 4) is 17.2 Å². The summed E-state index contributed by atoms with van der Waals surface area (Å²) in [6.45, 7) is 0. The van der Waals surface area contributed by atoms with Crippen LogP contribution >= 0.6 is 12.4 Å². The third-order valence-corrected chi connectivity index (χ3v) is 2.32. The SMILES string of the molecule is COC(=O)[C@@H](N)c1cc(OC)c(O)c(OC)c1.Cl. The predicted octanol–water partition coefficient (Wildman–Crippen LogP) is 1.00. The topological polar surface area (TPSA) is 91.0 Å². The van der Waals surface area contributed by atoms with E-state index in [0.717, 1.165) is 0 Å². The monoisotopic (exact) mass is 277 g/mol. The molecule has 3 N–H and O–H groups in total. The highest BCUT2D eigenvalue weighted by Gasteiger charge is 2.20. The lowest BCUT2D eigenvalue weighted by Crippen LogP contribution is -2.22. The van der Waals surface area contributed by atoms with E-state index in [4.69, 9.17) is 15.2 Å². The van der Waals surface area contributed by atoms with Crippen LogP contribution in [0.4, 0.5) is 0 Å². The van der Waals surface area contributed by atoms with Crippen LogP contribution in [-0.2, 0) is 9.53 Å². The highest BCUT2D eigenvalue weighted by molar-refractivity contribution is 5.85. The van der Waals surface area contributed by atoms with E-state index >= 15 is 0 Å². The molecule has 0 saturated carbocycles. The third-order valence-electron chi connectivity index (χ3n) is 2.32. The minimum absolute atomic E-state index is 0. The lowest BCUT2D eigenvalue weighted by Gasteiger charge is -2.14. The molecule has 0 aliphatic carbocycles. The second-order valence-electron chi connectivity index (χ2n) is 3.27. The zero-order chi connectivity index (χ0) is 13.0. The van der Waals surface area contributed by atoms with Gasteiger partial charge in [0.05, 0.1) is 21.3 Å². The van der Waals surface area contributed by atoms with Gasteiger partial charge in [0.15, 0.2) is 11.5 Å². The van der Waals surface area contributed by atoms with Gasteiger partial charge in [0.25, 0.3) is 0 Å². The number of aromatic hydroxyl groups is 1. The molecular weight excluding hydrogens is 262 g/mol. The number of hydrogen-bond acceptors (Lipinski definition) is 6. The Morgan fingerprint density at radius 3 is 2.00 bits per heavy atom. The van der Waals surface area contributed by atoms with Gasteiger partial charge in [-0.15, -0.1) is 12.4 Å². The quantitative estimate of drug-likeness (QED) is 0.798. The summed E-state index contributed by atoms with van der Waals surface area (Å²) in [5.41, 5.74) is 6.11. The number of esters is 1. The Morgan fingerprint density at radius 1 is 1.22 bits per heavy atom. The van der Waals surface area contributed by atoms with Crippen LogP contribution in [0, 0.1) is 0 Å². The number of methoxy groups -OCH3 is 3. The van der Waals surface area contributed by atoms with Crippen LogP contribution in [0.1, 0.15) is 11.6 Å². The van der Waals surface area contributed by atoms with Gasteiger partial charge in [0.1, 0.15) is 6.04 Å². The molecule has 0 saturated heterocycles. The minimum Gasteiger partial charge on any atom is -0.502 e. The largest absolute Gasteiger partial charge is 0.502 e. The summed E-state index contributed by atoms with van der Waals surface area (Å²) in [7, 11) is 4.03. The molecule has 0 bridgehead atoms. The van der Waals surface area contributed by atoms with Gasteiger partial charge in [0, 0.05) is 0 Å². The Balaban J connectivity index is 0.00000289. The van der Waals surface area contributed by atoms with Gasteiger partial charge in [-0.3, -0.25) is 4.79 Å². The van der Waals surface area contributed by atoms with Crippen molar-refractivity contribution in [2.24, 2.45) is 5.73 Å². The zero-order valence-corrected chi connectivity index (χ0v) is 11.1. The number of rotatable bonds is 4. The van der Waals surface area contributed by atoms with E-state index in [2.05, 4.69) is 4.74 Å². The molecule has 102 valence electrons. The number of ether oxygens (including phenoxy) is 3. The van der Waals surface area contributed by atoms with Crippen LogP contribution in [-0.4, -0.2) is 32.4 Å². The van der Waals surface area contributed by atoms with Gasteiger partial charge in [-0.25, -0.2) is 0 Å². The predicted molar refractivity (Wildman–Crippen MR) is 67.4 cm³/mol. The fourth-order valence-corrected chi connectivity index (χ4v) is 1.36. The average Bonchev–Trinajstić information content (AvgIpc) is 2.37. The van der Waals surface area contributed by atoms with E-state index in [1.165, 1.54) is 33.5 Å². The number of benzene rings is 1. The van der Waals surface area contributed by atoms with E-state index in [1.54, 1.807) is 0 Å². The molecule has 0 unspecified atom stereocenters. The summed E-state index contributed by atoms with van der Waals surface area (Å²) >= 11 is 0. The highest BCUT2D eigenvalue weighted by atomic mass is 35.5. The molecule has 0 fully saturated rings. The molecule has 1 atom stereocenters.